The Bertz CT molecular complexity index is 778. The molecule has 2 N–H and O–H groups in total. The van der Waals surface area contributed by atoms with Crippen LogP contribution in [-0.2, 0) is 9.47 Å². The molecular weight excluding hydrogens is 352 g/mol. The number of alkyl halides is 1. The van der Waals surface area contributed by atoms with Crippen molar-refractivity contribution in [1.29, 1.82) is 0 Å². The Labute approximate surface area is 158 Å². The molecule has 2 aromatic rings. The Balaban J connectivity index is 2.29. The van der Waals surface area contributed by atoms with Crippen LogP contribution in [0.3, 0.4) is 0 Å². The van der Waals surface area contributed by atoms with Gasteiger partial charge in [-0.15, -0.1) is 0 Å². The maximum Gasteiger partial charge on any atom is 0.488 e. The third kappa shape index (κ3) is 6.20. The van der Waals surface area contributed by atoms with Crippen molar-refractivity contribution in [2.24, 2.45) is 0 Å². The predicted octanol–water partition coefficient (Wildman–Crippen LogP) is 2.25. The zero-order valence-corrected chi connectivity index (χ0v) is 15.8. The van der Waals surface area contributed by atoms with Crippen molar-refractivity contribution in [3.63, 3.8) is 0 Å². The summed E-state index contributed by atoms with van der Waals surface area (Å²) in [7, 11) is -1.54. The number of nitrogens with zero attached hydrogens (tertiary/aromatic N) is 1. The van der Waals surface area contributed by atoms with Crippen LogP contribution in [0.2, 0.25) is 0 Å². The summed E-state index contributed by atoms with van der Waals surface area (Å²) >= 11 is 0. The fourth-order valence-electron chi connectivity index (χ4n) is 2.54. The molecule has 0 aliphatic rings. The van der Waals surface area contributed by atoms with Crippen LogP contribution in [0.5, 0.6) is 0 Å². The standard InChI is InChI=1S/C19H25BFNO5/c1-19(2,3)27-18(23)22(9-11-26-10-8-21)17-7-5-14-12-16(20(24)25)6-4-15(14)13-17/h4-7,12-13,24-25H,8-11H2,1-3H3. The summed E-state index contributed by atoms with van der Waals surface area (Å²) in [5.74, 6) is 0. The molecule has 0 atom stereocenters. The van der Waals surface area contributed by atoms with Gasteiger partial charge in [0, 0.05) is 5.69 Å². The number of benzene rings is 2. The van der Waals surface area contributed by atoms with E-state index in [4.69, 9.17) is 9.47 Å². The highest BCUT2D eigenvalue weighted by molar-refractivity contribution is 6.58. The number of ether oxygens (including phenoxy) is 2. The van der Waals surface area contributed by atoms with Crippen LogP contribution < -0.4 is 10.4 Å². The molecule has 2 rings (SSSR count). The van der Waals surface area contributed by atoms with Gasteiger partial charge in [-0.3, -0.25) is 4.90 Å². The molecule has 0 aromatic heterocycles. The van der Waals surface area contributed by atoms with Crippen LogP contribution in [0.1, 0.15) is 20.8 Å². The van der Waals surface area contributed by atoms with Crippen molar-refractivity contribution in [3.05, 3.63) is 36.4 Å². The van der Waals surface area contributed by atoms with E-state index in [2.05, 4.69) is 0 Å². The first-order valence-electron chi connectivity index (χ1n) is 8.75. The minimum absolute atomic E-state index is 0.0217. The lowest BCUT2D eigenvalue weighted by atomic mass is 9.79. The molecule has 0 spiro atoms. The second kappa shape index (κ2) is 9.17. The highest BCUT2D eigenvalue weighted by Crippen LogP contribution is 2.23. The summed E-state index contributed by atoms with van der Waals surface area (Å²) < 4.78 is 22.8. The average molecular weight is 377 g/mol. The number of amides is 1. The van der Waals surface area contributed by atoms with Crippen molar-refractivity contribution >= 4 is 35.1 Å². The van der Waals surface area contributed by atoms with Crippen LogP contribution in [0.25, 0.3) is 10.8 Å². The van der Waals surface area contributed by atoms with Crippen LogP contribution in [0.15, 0.2) is 36.4 Å². The van der Waals surface area contributed by atoms with Gasteiger partial charge in [0.1, 0.15) is 12.3 Å². The Morgan fingerprint density at radius 2 is 1.78 bits per heavy atom. The molecule has 0 bridgehead atoms. The van der Waals surface area contributed by atoms with Crippen molar-refractivity contribution in [2.45, 2.75) is 26.4 Å². The van der Waals surface area contributed by atoms with Crippen molar-refractivity contribution in [3.8, 4) is 0 Å². The molecule has 6 nitrogen and oxygen atoms in total. The number of fused-ring (bicyclic) bond motifs is 1. The molecule has 0 aliphatic heterocycles. The molecule has 1 amide bonds. The fraction of sp³-hybridized carbons (Fsp3) is 0.421. The van der Waals surface area contributed by atoms with E-state index in [1.807, 2.05) is 6.07 Å². The third-order valence-corrected chi connectivity index (χ3v) is 3.75. The van der Waals surface area contributed by atoms with Gasteiger partial charge in [-0.25, -0.2) is 9.18 Å². The highest BCUT2D eigenvalue weighted by atomic mass is 19.1. The molecular formula is C19H25BFNO5. The Morgan fingerprint density at radius 1 is 1.11 bits per heavy atom. The summed E-state index contributed by atoms with van der Waals surface area (Å²) in [5.41, 5.74) is 0.342. The quantitative estimate of drug-likeness (QED) is 0.572. The lowest BCUT2D eigenvalue weighted by Crippen LogP contribution is -2.39. The van der Waals surface area contributed by atoms with Gasteiger partial charge in [0.25, 0.3) is 0 Å². The van der Waals surface area contributed by atoms with Crippen LogP contribution >= 0.6 is 0 Å². The smallest absolute Gasteiger partial charge is 0.443 e. The van der Waals surface area contributed by atoms with E-state index in [-0.39, 0.29) is 19.8 Å². The molecule has 0 unspecified atom stereocenters. The fourth-order valence-corrected chi connectivity index (χ4v) is 2.54. The third-order valence-electron chi connectivity index (χ3n) is 3.75. The molecule has 27 heavy (non-hydrogen) atoms. The van der Waals surface area contributed by atoms with E-state index in [1.165, 1.54) is 4.90 Å². The highest BCUT2D eigenvalue weighted by Gasteiger charge is 2.23. The van der Waals surface area contributed by atoms with E-state index in [1.54, 1.807) is 51.1 Å². The number of hydrogen-bond donors (Lipinski definition) is 2. The van der Waals surface area contributed by atoms with Gasteiger partial charge < -0.3 is 19.5 Å². The van der Waals surface area contributed by atoms with Gasteiger partial charge in [-0.1, -0.05) is 24.3 Å². The molecule has 2 aromatic carbocycles. The molecule has 0 saturated carbocycles. The van der Waals surface area contributed by atoms with Gasteiger partial charge in [0.2, 0.25) is 0 Å². The van der Waals surface area contributed by atoms with E-state index < -0.39 is 25.5 Å². The Kier molecular flexibility index (Phi) is 7.18. The second-order valence-electron chi connectivity index (χ2n) is 7.10. The maximum absolute atomic E-state index is 12.6. The summed E-state index contributed by atoms with van der Waals surface area (Å²) in [5, 5.41) is 20.2. The molecule has 0 fully saturated rings. The van der Waals surface area contributed by atoms with Crippen LogP contribution in [0.4, 0.5) is 14.9 Å². The predicted molar refractivity (Wildman–Crippen MR) is 104 cm³/mol. The van der Waals surface area contributed by atoms with Crippen molar-refractivity contribution in [2.75, 3.05) is 31.3 Å². The SMILES string of the molecule is CC(C)(C)OC(=O)N(CCOCCF)c1ccc2cc(B(O)O)ccc2c1. The zero-order chi connectivity index (χ0) is 20.0. The van der Waals surface area contributed by atoms with Gasteiger partial charge in [0.15, 0.2) is 0 Å². The maximum atomic E-state index is 12.6. The minimum Gasteiger partial charge on any atom is -0.443 e. The van der Waals surface area contributed by atoms with Gasteiger partial charge in [-0.05, 0) is 49.1 Å². The first kappa shape index (κ1) is 21.1. The average Bonchev–Trinajstić information content (AvgIpc) is 2.59. The van der Waals surface area contributed by atoms with E-state index >= 15 is 0 Å². The molecule has 0 heterocycles. The normalized spacial score (nSPS) is 11.5. The Hall–Kier alpha value is -2.16. The number of carbonyl (C=O) groups excluding carboxylic acids is 1. The number of rotatable bonds is 7. The van der Waals surface area contributed by atoms with E-state index in [0.29, 0.717) is 11.2 Å². The minimum atomic E-state index is -1.54. The molecule has 0 radical (unpaired) electrons. The number of hydrogen-bond acceptors (Lipinski definition) is 5. The first-order chi connectivity index (χ1) is 12.7. The van der Waals surface area contributed by atoms with E-state index in [9.17, 15) is 19.2 Å². The molecule has 0 saturated heterocycles. The molecule has 0 aliphatic carbocycles. The first-order valence-corrected chi connectivity index (χ1v) is 8.75. The number of halogens is 1. The summed E-state index contributed by atoms with van der Waals surface area (Å²) in [6.45, 7) is 5.14. The van der Waals surface area contributed by atoms with Gasteiger partial charge >= 0.3 is 13.2 Å². The summed E-state index contributed by atoms with van der Waals surface area (Å²) in [4.78, 5) is 14.1. The zero-order valence-electron chi connectivity index (χ0n) is 15.8. The Morgan fingerprint density at radius 3 is 2.41 bits per heavy atom. The number of anilines is 1. The van der Waals surface area contributed by atoms with Crippen LogP contribution in [-0.4, -0.2) is 55.3 Å². The largest absolute Gasteiger partial charge is 0.488 e. The van der Waals surface area contributed by atoms with Gasteiger partial charge in [0.05, 0.1) is 19.8 Å². The lowest BCUT2D eigenvalue weighted by Gasteiger charge is -2.27. The van der Waals surface area contributed by atoms with Crippen LogP contribution in [0, 0.1) is 0 Å². The summed E-state index contributed by atoms with van der Waals surface area (Å²) in [6.07, 6.45) is -0.520. The van der Waals surface area contributed by atoms with Crippen molar-refractivity contribution in [1.82, 2.24) is 0 Å². The lowest BCUT2D eigenvalue weighted by molar-refractivity contribution is 0.0557. The second-order valence-corrected chi connectivity index (χ2v) is 7.10. The van der Waals surface area contributed by atoms with Crippen molar-refractivity contribution < 1.29 is 28.7 Å². The topological polar surface area (TPSA) is 79.2 Å². The summed E-state index contributed by atoms with van der Waals surface area (Å²) in [6, 6.07) is 10.4. The molecule has 8 heteroatoms. The van der Waals surface area contributed by atoms with Gasteiger partial charge in [-0.2, -0.15) is 0 Å². The number of carbonyl (C=O) groups is 1. The monoisotopic (exact) mass is 377 g/mol. The van der Waals surface area contributed by atoms with E-state index in [0.717, 1.165) is 10.8 Å². The molecule has 146 valence electrons.